The van der Waals surface area contributed by atoms with Crippen LogP contribution in [0.2, 0.25) is 0 Å². The maximum atomic E-state index is 5.24. The van der Waals surface area contributed by atoms with Crippen molar-refractivity contribution in [3.05, 3.63) is 29.5 Å². The molecule has 5 nitrogen and oxygen atoms in total. The molecule has 2 aromatic heterocycles. The van der Waals surface area contributed by atoms with Gasteiger partial charge in [0.05, 0.1) is 12.8 Å². The Morgan fingerprint density at radius 3 is 2.86 bits per heavy atom. The molecule has 2 heterocycles. The molecule has 0 fully saturated rings. The van der Waals surface area contributed by atoms with Gasteiger partial charge in [0.15, 0.2) is 5.82 Å². The van der Waals surface area contributed by atoms with Crippen molar-refractivity contribution in [3.63, 3.8) is 0 Å². The topological polar surface area (TPSA) is 64.1 Å². The maximum Gasteiger partial charge on any atom is 0.321 e. The smallest absolute Gasteiger partial charge is 0.321 e. The van der Waals surface area contributed by atoms with Gasteiger partial charge in [-0.25, -0.2) is 0 Å². The van der Waals surface area contributed by atoms with Crippen LogP contribution in [-0.4, -0.2) is 10.1 Å². The number of aryl methyl sites for hydroxylation is 2. The Kier molecular flexibility index (Phi) is 2.22. The van der Waals surface area contributed by atoms with E-state index in [0.29, 0.717) is 18.4 Å². The van der Waals surface area contributed by atoms with Gasteiger partial charge >= 0.3 is 6.01 Å². The highest BCUT2D eigenvalue weighted by atomic mass is 16.5. The summed E-state index contributed by atoms with van der Waals surface area (Å²) in [6.07, 6.45) is 1.66. The van der Waals surface area contributed by atoms with Crippen molar-refractivity contribution in [2.45, 2.75) is 20.4 Å². The van der Waals surface area contributed by atoms with Gasteiger partial charge in [-0.15, -0.1) is 0 Å². The van der Waals surface area contributed by atoms with E-state index < -0.39 is 0 Å². The van der Waals surface area contributed by atoms with Crippen LogP contribution in [-0.2, 0) is 6.54 Å². The monoisotopic (exact) mass is 193 g/mol. The van der Waals surface area contributed by atoms with E-state index in [4.69, 9.17) is 8.94 Å². The summed E-state index contributed by atoms with van der Waals surface area (Å²) >= 11 is 0. The van der Waals surface area contributed by atoms with Crippen LogP contribution < -0.4 is 5.32 Å². The molecule has 0 bridgehead atoms. The van der Waals surface area contributed by atoms with Crippen LogP contribution in [0.1, 0.15) is 17.1 Å². The Labute approximate surface area is 81.1 Å². The summed E-state index contributed by atoms with van der Waals surface area (Å²) in [7, 11) is 0. The van der Waals surface area contributed by atoms with E-state index in [9.17, 15) is 0 Å². The van der Waals surface area contributed by atoms with Crippen molar-refractivity contribution in [2.24, 2.45) is 0 Å². The van der Waals surface area contributed by atoms with Gasteiger partial charge in [0.25, 0.3) is 0 Å². The Hall–Kier alpha value is -1.78. The van der Waals surface area contributed by atoms with Crippen molar-refractivity contribution in [1.29, 1.82) is 0 Å². The van der Waals surface area contributed by atoms with Gasteiger partial charge in [0.2, 0.25) is 0 Å². The minimum Gasteiger partial charge on any atom is -0.467 e. The quantitative estimate of drug-likeness (QED) is 0.806. The molecule has 0 aliphatic heterocycles. The fourth-order valence-electron chi connectivity index (χ4n) is 1.11. The SMILES string of the molecule is Cc1noc(NCc2occc2C)n1. The minimum absolute atomic E-state index is 0.415. The normalized spacial score (nSPS) is 10.4. The fourth-order valence-corrected chi connectivity index (χ4v) is 1.11. The molecule has 74 valence electrons. The Morgan fingerprint density at radius 1 is 1.43 bits per heavy atom. The third-order valence-electron chi connectivity index (χ3n) is 1.90. The molecule has 0 spiro atoms. The molecule has 0 saturated heterocycles. The molecular weight excluding hydrogens is 182 g/mol. The van der Waals surface area contributed by atoms with Crippen LogP contribution >= 0.6 is 0 Å². The van der Waals surface area contributed by atoms with Crippen LogP contribution in [0, 0.1) is 13.8 Å². The van der Waals surface area contributed by atoms with Crippen molar-refractivity contribution < 1.29 is 8.94 Å². The summed E-state index contributed by atoms with van der Waals surface area (Å²) in [6, 6.07) is 2.33. The first-order chi connectivity index (χ1) is 6.75. The molecule has 2 rings (SSSR count). The van der Waals surface area contributed by atoms with Crippen molar-refractivity contribution in [3.8, 4) is 0 Å². The number of anilines is 1. The zero-order valence-electron chi connectivity index (χ0n) is 8.07. The molecule has 0 radical (unpaired) electrons. The first-order valence-electron chi connectivity index (χ1n) is 4.33. The molecular formula is C9H11N3O2. The number of aromatic nitrogens is 2. The van der Waals surface area contributed by atoms with Crippen LogP contribution in [0.3, 0.4) is 0 Å². The number of furan rings is 1. The number of hydrogen-bond acceptors (Lipinski definition) is 5. The second kappa shape index (κ2) is 3.53. The minimum atomic E-state index is 0.415. The molecule has 2 aromatic rings. The maximum absolute atomic E-state index is 5.24. The lowest BCUT2D eigenvalue weighted by molar-refractivity contribution is 0.422. The summed E-state index contributed by atoms with van der Waals surface area (Å²) in [4.78, 5) is 4.01. The number of hydrogen-bond donors (Lipinski definition) is 1. The summed E-state index contributed by atoms with van der Waals surface area (Å²) in [5, 5.41) is 6.63. The van der Waals surface area contributed by atoms with Gasteiger partial charge in [0, 0.05) is 0 Å². The van der Waals surface area contributed by atoms with Crippen LogP contribution in [0.4, 0.5) is 6.01 Å². The molecule has 0 atom stereocenters. The summed E-state index contributed by atoms with van der Waals surface area (Å²) < 4.78 is 10.1. The predicted octanol–water partition coefficient (Wildman–Crippen LogP) is 1.89. The third-order valence-corrected chi connectivity index (χ3v) is 1.90. The zero-order valence-corrected chi connectivity index (χ0v) is 8.07. The summed E-state index contributed by atoms with van der Waals surface area (Å²) in [5.74, 6) is 1.49. The van der Waals surface area contributed by atoms with E-state index in [1.165, 1.54) is 0 Å². The van der Waals surface area contributed by atoms with E-state index in [1.807, 2.05) is 13.0 Å². The molecule has 14 heavy (non-hydrogen) atoms. The van der Waals surface area contributed by atoms with Crippen molar-refractivity contribution >= 4 is 6.01 Å². The lowest BCUT2D eigenvalue weighted by Crippen LogP contribution is -1.99. The average molecular weight is 193 g/mol. The molecule has 0 unspecified atom stereocenters. The first kappa shape index (κ1) is 8.80. The molecule has 5 heteroatoms. The highest BCUT2D eigenvalue weighted by Gasteiger charge is 2.04. The Bertz CT molecular complexity index is 419. The molecule has 0 saturated carbocycles. The molecule has 1 N–H and O–H groups in total. The molecule has 0 aromatic carbocycles. The lowest BCUT2D eigenvalue weighted by Gasteiger charge is -1.97. The van der Waals surface area contributed by atoms with Gasteiger partial charge in [0.1, 0.15) is 5.76 Å². The van der Waals surface area contributed by atoms with Crippen molar-refractivity contribution in [2.75, 3.05) is 5.32 Å². The number of nitrogens with one attached hydrogen (secondary N) is 1. The Morgan fingerprint density at radius 2 is 2.29 bits per heavy atom. The number of rotatable bonds is 3. The fraction of sp³-hybridized carbons (Fsp3) is 0.333. The third kappa shape index (κ3) is 1.76. The van der Waals surface area contributed by atoms with Gasteiger partial charge in [-0.1, -0.05) is 5.16 Å². The number of nitrogens with zero attached hydrogens (tertiary/aromatic N) is 2. The molecule has 0 aliphatic carbocycles. The predicted molar refractivity (Wildman–Crippen MR) is 49.8 cm³/mol. The van der Waals surface area contributed by atoms with E-state index >= 15 is 0 Å². The van der Waals surface area contributed by atoms with Gasteiger partial charge in [-0.3, -0.25) is 0 Å². The Balaban J connectivity index is 1.98. The lowest BCUT2D eigenvalue weighted by atomic mass is 10.3. The first-order valence-corrected chi connectivity index (χ1v) is 4.33. The van der Waals surface area contributed by atoms with Gasteiger partial charge < -0.3 is 14.3 Å². The van der Waals surface area contributed by atoms with Crippen molar-refractivity contribution in [1.82, 2.24) is 10.1 Å². The average Bonchev–Trinajstić information content (AvgIpc) is 2.72. The van der Waals surface area contributed by atoms with Crippen LogP contribution in [0.5, 0.6) is 0 Å². The highest BCUT2D eigenvalue weighted by molar-refractivity contribution is 5.23. The largest absolute Gasteiger partial charge is 0.467 e. The highest BCUT2D eigenvalue weighted by Crippen LogP contribution is 2.11. The standard InChI is InChI=1S/C9H11N3O2/c1-6-3-4-13-8(6)5-10-9-11-7(2)12-14-9/h3-4H,5H2,1-2H3,(H,10,11,12). The molecule has 0 aliphatic rings. The van der Waals surface area contributed by atoms with Gasteiger partial charge in [-0.05, 0) is 25.5 Å². The van der Waals surface area contributed by atoms with E-state index in [-0.39, 0.29) is 0 Å². The van der Waals surface area contributed by atoms with Gasteiger partial charge in [-0.2, -0.15) is 4.98 Å². The van der Waals surface area contributed by atoms with E-state index in [1.54, 1.807) is 13.2 Å². The molecule has 0 amide bonds. The summed E-state index contributed by atoms with van der Waals surface area (Å²) in [6.45, 7) is 4.31. The second-order valence-electron chi connectivity index (χ2n) is 3.03. The van der Waals surface area contributed by atoms with E-state index in [0.717, 1.165) is 11.3 Å². The van der Waals surface area contributed by atoms with E-state index in [2.05, 4.69) is 15.5 Å². The second-order valence-corrected chi connectivity index (χ2v) is 3.03. The zero-order chi connectivity index (χ0) is 9.97. The van der Waals surface area contributed by atoms with Crippen LogP contribution in [0.25, 0.3) is 0 Å². The van der Waals surface area contributed by atoms with Crippen LogP contribution in [0.15, 0.2) is 21.3 Å². The summed E-state index contributed by atoms with van der Waals surface area (Å²) in [5.41, 5.74) is 1.11.